The van der Waals surface area contributed by atoms with Crippen LogP contribution < -0.4 is 11.1 Å². The van der Waals surface area contributed by atoms with Crippen LogP contribution in [0.4, 0.5) is 24.7 Å². The molecule has 0 bridgehead atoms. The molecular weight excluding hydrogens is 285 g/mol. The Bertz CT molecular complexity index is 668. The number of nitrogen functional groups attached to an aromatic ring is 1. The fourth-order valence-corrected chi connectivity index (χ4v) is 1.57. The highest BCUT2D eigenvalue weighted by Crippen LogP contribution is 2.32. The quantitative estimate of drug-likeness (QED) is 0.892. The molecule has 1 amide bonds. The molecule has 0 unspecified atom stereocenters. The van der Waals surface area contributed by atoms with E-state index in [0.29, 0.717) is 5.56 Å². The number of nitrogens with one attached hydrogen (secondary N) is 1. The minimum absolute atomic E-state index is 0.0407. The fourth-order valence-electron chi connectivity index (χ4n) is 1.57. The van der Waals surface area contributed by atoms with Crippen LogP contribution in [0, 0.1) is 6.92 Å². The van der Waals surface area contributed by atoms with Gasteiger partial charge in [-0.15, -0.1) is 0 Å². The second-order valence-electron chi connectivity index (χ2n) is 4.31. The Morgan fingerprint density at radius 2 is 1.95 bits per heavy atom. The van der Waals surface area contributed by atoms with Crippen LogP contribution in [0.2, 0.25) is 0 Å². The lowest BCUT2D eigenvalue weighted by Gasteiger charge is -2.12. The molecule has 3 N–H and O–H groups in total. The number of rotatable bonds is 2. The summed E-state index contributed by atoms with van der Waals surface area (Å²) in [4.78, 5) is 19.4. The van der Waals surface area contributed by atoms with Gasteiger partial charge in [0.1, 0.15) is 11.5 Å². The van der Waals surface area contributed by atoms with Crippen molar-refractivity contribution in [2.45, 2.75) is 13.1 Å². The van der Waals surface area contributed by atoms with E-state index in [2.05, 4.69) is 15.3 Å². The number of aromatic nitrogens is 2. The lowest BCUT2D eigenvalue weighted by Crippen LogP contribution is -2.16. The SMILES string of the molecule is Cc1ccc(C(F)(F)F)cc1NC(=O)c1cnc(N)cn1. The van der Waals surface area contributed by atoms with Crippen LogP contribution in [-0.4, -0.2) is 15.9 Å². The summed E-state index contributed by atoms with van der Waals surface area (Å²) in [6.07, 6.45) is -2.14. The number of nitrogens with two attached hydrogens (primary N) is 1. The van der Waals surface area contributed by atoms with Crippen molar-refractivity contribution >= 4 is 17.4 Å². The number of amides is 1. The molecular formula is C13H11F3N4O. The Morgan fingerprint density at radius 3 is 2.52 bits per heavy atom. The number of hydrogen-bond donors (Lipinski definition) is 2. The molecule has 1 aromatic carbocycles. The molecule has 0 saturated heterocycles. The van der Waals surface area contributed by atoms with Gasteiger partial charge in [-0.25, -0.2) is 9.97 Å². The lowest BCUT2D eigenvalue weighted by atomic mass is 10.1. The van der Waals surface area contributed by atoms with Crippen LogP contribution in [0.3, 0.4) is 0 Å². The molecule has 0 aliphatic carbocycles. The van der Waals surface area contributed by atoms with Crippen LogP contribution in [0.1, 0.15) is 21.6 Å². The number of alkyl halides is 3. The highest BCUT2D eigenvalue weighted by molar-refractivity contribution is 6.03. The predicted octanol–water partition coefficient (Wildman–Crippen LogP) is 2.64. The van der Waals surface area contributed by atoms with E-state index in [1.807, 2.05) is 0 Å². The summed E-state index contributed by atoms with van der Waals surface area (Å²) >= 11 is 0. The van der Waals surface area contributed by atoms with E-state index in [0.717, 1.165) is 18.3 Å². The van der Waals surface area contributed by atoms with Crippen molar-refractivity contribution < 1.29 is 18.0 Å². The summed E-state index contributed by atoms with van der Waals surface area (Å²) in [6, 6.07) is 3.11. The lowest BCUT2D eigenvalue weighted by molar-refractivity contribution is -0.137. The van der Waals surface area contributed by atoms with E-state index >= 15 is 0 Å². The van der Waals surface area contributed by atoms with Gasteiger partial charge in [0.25, 0.3) is 5.91 Å². The standard InChI is InChI=1S/C13H11F3N4O/c1-7-2-3-8(13(14,15)16)4-9(7)20-12(21)10-5-19-11(17)6-18-10/h2-6H,1H3,(H2,17,19)(H,20,21). The normalized spacial score (nSPS) is 11.2. The van der Waals surface area contributed by atoms with Crippen molar-refractivity contribution in [1.29, 1.82) is 0 Å². The molecule has 1 heterocycles. The smallest absolute Gasteiger partial charge is 0.382 e. The Morgan fingerprint density at radius 1 is 1.24 bits per heavy atom. The largest absolute Gasteiger partial charge is 0.416 e. The Kier molecular flexibility index (Phi) is 3.79. The maximum Gasteiger partial charge on any atom is 0.416 e. The van der Waals surface area contributed by atoms with Crippen molar-refractivity contribution in [1.82, 2.24) is 9.97 Å². The Balaban J connectivity index is 2.26. The number of nitrogens with zero attached hydrogens (tertiary/aromatic N) is 2. The van der Waals surface area contributed by atoms with Crippen LogP contribution >= 0.6 is 0 Å². The zero-order valence-electron chi connectivity index (χ0n) is 10.9. The van der Waals surface area contributed by atoms with Gasteiger partial charge in [0.05, 0.1) is 18.0 Å². The summed E-state index contributed by atoms with van der Waals surface area (Å²) in [5.41, 5.74) is 5.02. The summed E-state index contributed by atoms with van der Waals surface area (Å²) in [7, 11) is 0. The molecule has 0 aliphatic heterocycles. The van der Waals surface area contributed by atoms with Gasteiger partial charge >= 0.3 is 6.18 Å². The Hall–Kier alpha value is -2.64. The first-order chi connectivity index (χ1) is 9.77. The average Bonchev–Trinajstić information content (AvgIpc) is 2.40. The van der Waals surface area contributed by atoms with E-state index in [1.165, 1.54) is 12.3 Å². The van der Waals surface area contributed by atoms with E-state index in [4.69, 9.17) is 5.73 Å². The van der Waals surface area contributed by atoms with E-state index in [9.17, 15) is 18.0 Å². The third-order valence-electron chi connectivity index (χ3n) is 2.72. The molecule has 0 aliphatic rings. The molecule has 2 rings (SSSR count). The summed E-state index contributed by atoms with van der Waals surface area (Å²) in [5, 5.41) is 2.38. The van der Waals surface area contributed by atoms with Crippen molar-refractivity contribution in [3.8, 4) is 0 Å². The first kappa shape index (κ1) is 14.8. The number of aryl methyl sites for hydroxylation is 1. The number of hydrogen-bond acceptors (Lipinski definition) is 4. The fraction of sp³-hybridized carbons (Fsp3) is 0.154. The van der Waals surface area contributed by atoms with Gasteiger partial charge < -0.3 is 11.1 Å². The zero-order valence-corrected chi connectivity index (χ0v) is 10.9. The molecule has 5 nitrogen and oxygen atoms in total. The maximum atomic E-state index is 12.7. The highest BCUT2D eigenvalue weighted by atomic mass is 19.4. The number of anilines is 2. The van der Waals surface area contributed by atoms with Crippen molar-refractivity contribution in [2.24, 2.45) is 0 Å². The molecule has 2 aromatic rings. The first-order valence-corrected chi connectivity index (χ1v) is 5.84. The van der Waals surface area contributed by atoms with Crippen LogP contribution in [0.5, 0.6) is 0 Å². The first-order valence-electron chi connectivity index (χ1n) is 5.84. The zero-order chi connectivity index (χ0) is 15.6. The van der Waals surface area contributed by atoms with Crippen molar-refractivity contribution in [2.75, 3.05) is 11.1 Å². The average molecular weight is 296 g/mol. The molecule has 0 radical (unpaired) electrons. The second-order valence-corrected chi connectivity index (χ2v) is 4.31. The molecule has 8 heteroatoms. The minimum atomic E-state index is -4.48. The third kappa shape index (κ3) is 3.47. The maximum absolute atomic E-state index is 12.7. The number of benzene rings is 1. The molecule has 0 atom stereocenters. The summed E-state index contributed by atoms with van der Waals surface area (Å²) < 4.78 is 38.0. The molecule has 110 valence electrons. The second kappa shape index (κ2) is 5.39. The topological polar surface area (TPSA) is 80.9 Å². The third-order valence-corrected chi connectivity index (χ3v) is 2.72. The van der Waals surface area contributed by atoms with Crippen molar-refractivity contribution in [3.63, 3.8) is 0 Å². The van der Waals surface area contributed by atoms with Gasteiger partial charge in [0.2, 0.25) is 0 Å². The van der Waals surface area contributed by atoms with Gasteiger partial charge in [0.15, 0.2) is 0 Å². The molecule has 0 fully saturated rings. The summed E-state index contributed by atoms with van der Waals surface area (Å²) in [6.45, 7) is 1.59. The van der Waals surface area contributed by atoms with Gasteiger partial charge in [-0.1, -0.05) is 6.07 Å². The molecule has 0 saturated carbocycles. The van der Waals surface area contributed by atoms with Gasteiger partial charge in [-0.3, -0.25) is 4.79 Å². The number of carbonyl (C=O) groups excluding carboxylic acids is 1. The van der Waals surface area contributed by atoms with E-state index < -0.39 is 17.6 Å². The van der Waals surface area contributed by atoms with E-state index in [1.54, 1.807) is 6.92 Å². The Labute approximate surface area is 118 Å². The molecule has 21 heavy (non-hydrogen) atoms. The predicted molar refractivity (Wildman–Crippen MR) is 70.6 cm³/mol. The number of halogens is 3. The van der Waals surface area contributed by atoms with Crippen molar-refractivity contribution in [3.05, 3.63) is 47.4 Å². The van der Waals surface area contributed by atoms with Gasteiger partial charge in [-0.05, 0) is 24.6 Å². The van der Waals surface area contributed by atoms with Gasteiger partial charge in [0, 0.05) is 5.69 Å². The van der Waals surface area contributed by atoms with Crippen LogP contribution in [0.15, 0.2) is 30.6 Å². The van der Waals surface area contributed by atoms with E-state index in [-0.39, 0.29) is 17.2 Å². The minimum Gasteiger partial charge on any atom is -0.382 e. The highest BCUT2D eigenvalue weighted by Gasteiger charge is 2.31. The monoisotopic (exact) mass is 296 g/mol. The van der Waals surface area contributed by atoms with Crippen LogP contribution in [-0.2, 0) is 6.18 Å². The van der Waals surface area contributed by atoms with Crippen LogP contribution in [0.25, 0.3) is 0 Å². The van der Waals surface area contributed by atoms with Gasteiger partial charge in [-0.2, -0.15) is 13.2 Å². The molecule has 0 spiro atoms. The summed E-state index contributed by atoms with van der Waals surface area (Å²) in [5.74, 6) is -0.522. The number of carbonyl (C=O) groups is 1. The molecule has 1 aromatic heterocycles.